The number of amides is 1. The third-order valence-electron chi connectivity index (χ3n) is 3.94. The number of hydrogen-bond acceptors (Lipinski definition) is 3. The molecule has 0 radical (unpaired) electrons. The molecule has 1 aliphatic heterocycles. The Labute approximate surface area is 113 Å². The smallest absolute Gasteiger partial charge is 0.225 e. The Kier molecular flexibility index (Phi) is 4.75. The first kappa shape index (κ1) is 13.5. The van der Waals surface area contributed by atoms with Crippen LogP contribution in [0.4, 0.5) is 0 Å². The number of thiazole rings is 1. The average Bonchev–Trinajstić information content (AvgIpc) is 2.94. The second kappa shape index (κ2) is 6.32. The number of nitrogens with zero attached hydrogens (tertiary/aromatic N) is 2. The molecular formula is C14H22N2OS. The predicted octanol–water partition coefficient (Wildman–Crippen LogP) is 3.29. The van der Waals surface area contributed by atoms with Crippen molar-refractivity contribution >= 4 is 17.2 Å². The van der Waals surface area contributed by atoms with Crippen LogP contribution in [0, 0.1) is 5.92 Å². The Balaban J connectivity index is 1.88. The Morgan fingerprint density at radius 2 is 2.11 bits per heavy atom. The molecule has 2 rings (SSSR count). The van der Waals surface area contributed by atoms with E-state index in [1.165, 1.54) is 5.01 Å². The fourth-order valence-corrected chi connectivity index (χ4v) is 3.49. The second-order valence-electron chi connectivity index (χ2n) is 4.98. The minimum atomic E-state index is 0.224. The van der Waals surface area contributed by atoms with Gasteiger partial charge in [0.25, 0.3) is 0 Å². The molecule has 18 heavy (non-hydrogen) atoms. The van der Waals surface area contributed by atoms with Gasteiger partial charge in [0, 0.05) is 36.5 Å². The van der Waals surface area contributed by atoms with Crippen LogP contribution >= 0.6 is 11.3 Å². The van der Waals surface area contributed by atoms with Crippen LogP contribution < -0.4 is 0 Å². The van der Waals surface area contributed by atoms with E-state index in [2.05, 4.69) is 23.7 Å². The molecule has 1 aromatic heterocycles. The van der Waals surface area contributed by atoms with Crippen molar-refractivity contribution in [1.29, 1.82) is 0 Å². The molecular weight excluding hydrogens is 244 g/mol. The summed E-state index contributed by atoms with van der Waals surface area (Å²) in [6, 6.07) is 0. The summed E-state index contributed by atoms with van der Waals surface area (Å²) in [7, 11) is 0. The van der Waals surface area contributed by atoms with Gasteiger partial charge in [0.15, 0.2) is 0 Å². The first-order valence-corrected chi connectivity index (χ1v) is 7.82. The van der Waals surface area contributed by atoms with E-state index in [1.807, 2.05) is 11.6 Å². The van der Waals surface area contributed by atoms with Crippen LogP contribution in [0.5, 0.6) is 0 Å². The number of aromatic nitrogens is 1. The number of carbonyl (C=O) groups excluding carboxylic acids is 1. The topological polar surface area (TPSA) is 33.2 Å². The quantitative estimate of drug-likeness (QED) is 0.838. The molecule has 1 aromatic rings. The first-order valence-electron chi connectivity index (χ1n) is 6.94. The maximum absolute atomic E-state index is 12.3. The van der Waals surface area contributed by atoms with E-state index in [0.717, 1.165) is 38.8 Å². The van der Waals surface area contributed by atoms with Crippen molar-refractivity contribution in [2.75, 3.05) is 13.1 Å². The summed E-state index contributed by atoms with van der Waals surface area (Å²) in [6.07, 6.45) is 5.93. The summed E-state index contributed by atoms with van der Waals surface area (Å²) in [5.74, 6) is 1.15. The molecule has 0 bridgehead atoms. The Morgan fingerprint density at radius 1 is 1.44 bits per heavy atom. The van der Waals surface area contributed by atoms with Crippen LogP contribution in [0.3, 0.4) is 0 Å². The average molecular weight is 266 g/mol. The van der Waals surface area contributed by atoms with E-state index in [4.69, 9.17) is 0 Å². The van der Waals surface area contributed by atoms with Crippen LogP contribution in [0.1, 0.15) is 50.5 Å². The minimum Gasteiger partial charge on any atom is -0.342 e. The minimum absolute atomic E-state index is 0.224. The van der Waals surface area contributed by atoms with Gasteiger partial charge in [-0.25, -0.2) is 4.98 Å². The van der Waals surface area contributed by atoms with Crippen molar-refractivity contribution in [3.8, 4) is 0 Å². The van der Waals surface area contributed by atoms with Crippen molar-refractivity contribution in [2.45, 2.75) is 45.4 Å². The van der Waals surface area contributed by atoms with Gasteiger partial charge in [0.05, 0.1) is 5.01 Å². The second-order valence-corrected chi connectivity index (χ2v) is 5.91. The maximum atomic E-state index is 12.3. The molecule has 0 aromatic carbocycles. The van der Waals surface area contributed by atoms with Crippen LogP contribution in [0.15, 0.2) is 11.6 Å². The van der Waals surface area contributed by atoms with Gasteiger partial charge in [-0.05, 0) is 25.7 Å². The molecule has 0 aliphatic carbocycles. The predicted molar refractivity (Wildman–Crippen MR) is 74.7 cm³/mol. The molecule has 0 spiro atoms. The molecule has 1 aliphatic rings. The molecule has 4 heteroatoms. The molecule has 0 unspecified atom stereocenters. The largest absolute Gasteiger partial charge is 0.342 e. The van der Waals surface area contributed by atoms with E-state index < -0.39 is 0 Å². The fraction of sp³-hybridized carbons (Fsp3) is 0.714. The zero-order chi connectivity index (χ0) is 13.0. The van der Waals surface area contributed by atoms with Crippen molar-refractivity contribution in [3.63, 3.8) is 0 Å². The number of rotatable bonds is 4. The van der Waals surface area contributed by atoms with E-state index in [9.17, 15) is 4.79 Å². The number of likely N-dealkylation sites (tertiary alicyclic amines) is 1. The van der Waals surface area contributed by atoms with Gasteiger partial charge in [0.1, 0.15) is 0 Å². The number of hydrogen-bond donors (Lipinski definition) is 0. The highest BCUT2D eigenvalue weighted by Gasteiger charge is 2.27. The zero-order valence-electron chi connectivity index (χ0n) is 11.3. The zero-order valence-corrected chi connectivity index (χ0v) is 12.1. The number of piperidine rings is 1. The molecule has 100 valence electrons. The van der Waals surface area contributed by atoms with Gasteiger partial charge < -0.3 is 4.90 Å². The Bertz CT molecular complexity index is 365. The third kappa shape index (κ3) is 2.91. The van der Waals surface area contributed by atoms with Gasteiger partial charge >= 0.3 is 0 Å². The lowest BCUT2D eigenvalue weighted by Gasteiger charge is -2.33. The molecule has 1 fully saturated rings. The highest BCUT2D eigenvalue weighted by molar-refractivity contribution is 7.09. The van der Waals surface area contributed by atoms with E-state index in [-0.39, 0.29) is 5.92 Å². The highest BCUT2D eigenvalue weighted by atomic mass is 32.1. The van der Waals surface area contributed by atoms with Crippen molar-refractivity contribution in [1.82, 2.24) is 9.88 Å². The van der Waals surface area contributed by atoms with Crippen LogP contribution in [-0.4, -0.2) is 28.9 Å². The lowest BCUT2D eigenvalue weighted by molar-refractivity contribution is -0.136. The normalized spacial score (nSPS) is 17.4. The SMILES string of the molecule is CCC(CC)C(=O)N1CCC(c2nccs2)CC1. The fourth-order valence-electron chi connectivity index (χ4n) is 2.68. The van der Waals surface area contributed by atoms with Crippen molar-refractivity contribution in [2.24, 2.45) is 5.92 Å². The summed E-state index contributed by atoms with van der Waals surface area (Å²) in [6.45, 7) is 6.02. The van der Waals surface area contributed by atoms with Gasteiger partial charge in [-0.1, -0.05) is 13.8 Å². The summed E-state index contributed by atoms with van der Waals surface area (Å²) in [4.78, 5) is 18.7. The third-order valence-corrected chi connectivity index (χ3v) is 4.88. The lowest BCUT2D eigenvalue weighted by Crippen LogP contribution is -2.41. The lowest BCUT2D eigenvalue weighted by atomic mass is 9.95. The summed E-state index contributed by atoms with van der Waals surface area (Å²) < 4.78 is 0. The van der Waals surface area contributed by atoms with Crippen LogP contribution in [-0.2, 0) is 4.79 Å². The molecule has 0 atom stereocenters. The van der Waals surface area contributed by atoms with Gasteiger partial charge in [-0.3, -0.25) is 4.79 Å². The van der Waals surface area contributed by atoms with E-state index >= 15 is 0 Å². The van der Waals surface area contributed by atoms with Crippen LogP contribution in [0.2, 0.25) is 0 Å². The van der Waals surface area contributed by atoms with Gasteiger partial charge in [0.2, 0.25) is 5.91 Å². The Morgan fingerprint density at radius 3 is 2.61 bits per heavy atom. The molecule has 1 saturated heterocycles. The Hall–Kier alpha value is -0.900. The molecule has 3 nitrogen and oxygen atoms in total. The van der Waals surface area contributed by atoms with Crippen molar-refractivity contribution in [3.05, 3.63) is 16.6 Å². The highest BCUT2D eigenvalue weighted by Crippen LogP contribution is 2.30. The van der Waals surface area contributed by atoms with Gasteiger partial charge in [-0.2, -0.15) is 0 Å². The monoisotopic (exact) mass is 266 g/mol. The molecule has 0 saturated carbocycles. The number of carbonyl (C=O) groups is 1. The standard InChI is InChI=1S/C14H22N2OS/c1-3-11(4-2)14(17)16-8-5-12(6-9-16)13-15-7-10-18-13/h7,10-12H,3-6,8-9H2,1-2H3. The molecule has 0 N–H and O–H groups in total. The summed E-state index contributed by atoms with van der Waals surface area (Å²) in [5.41, 5.74) is 0. The molecule has 1 amide bonds. The van der Waals surface area contributed by atoms with Crippen LogP contribution in [0.25, 0.3) is 0 Å². The molecule has 2 heterocycles. The summed E-state index contributed by atoms with van der Waals surface area (Å²) >= 11 is 1.74. The van der Waals surface area contributed by atoms with E-state index in [0.29, 0.717) is 11.8 Å². The summed E-state index contributed by atoms with van der Waals surface area (Å²) in [5, 5.41) is 3.28. The first-order chi connectivity index (χ1) is 8.76. The maximum Gasteiger partial charge on any atom is 0.225 e. The van der Waals surface area contributed by atoms with Crippen molar-refractivity contribution < 1.29 is 4.79 Å². The van der Waals surface area contributed by atoms with E-state index in [1.54, 1.807) is 11.3 Å². The van der Waals surface area contributed by atoms with Gasteiger partial charge in [-0.15, -0.1) is 11.3 Å².